The molecule has 2 N–H and O–H groups in total. The van der Waals surface area contributed by atoms with E-state index in [4.69, 9.17) is 4.74 Å². The van der Waals surface area contributed by atoms with Crippen LogP contribution >= 0.6 is 0 Å². The van der Waals surface area contributed by atoms with Crippen molar-refractivity contribution in [3.63, 3.8) is 0 Å². The number of nitrogens with one attached hydrogen (secondary N) is 2. The first-order chi connectivity index (χ1) is 8.93. The van der Waals surface area contributed by atoms with Crippen LogP contribution in [0.2, 0.25) is 0 Å². The fourth-order valence-electron chi connectivity index (χ4n) is 1.19. The molecule has 1 aromatic heterocycles. The third kappa shape index (κ3) is 5.56. The number of anilines is 1. The molecule has 1 aromatic rings. The molecular formula is C11H14F3N3O2. The van der Waals surface area contributed by atoms with Crippen LogP contribution in [-0.2, 0) is 15.7 Å². The van der Waals surface area contributed by atoms with E-state index >= 15 is 0 Å². The molecule has 1 rings (SSSR count). The van der Waals surface area contributed by atoms with Gasteiger partial charge in [0, 0.05) is 19.9 Å². The van der Waals surface area contributed by atoms with Crippen LogP contribution in [0.4, 0.5) is 19.0 Å². The smallest absolute Gasteiger partial charge is 0.383 e. The highest BCUT2D eigenvalue weighted by Gasteiger charge is 2.30. The van der Waals surface area contributed by atoms with Crippen LogP contribution in [0.15, 0.2) is 18.3 Å². The van der Waals surface area contributed by atoms with Gasteiger partial charge < -0.3 is 15.4 Å². The number of carbonyl (C=O) groups is 1. The second-order valence-electron chi connectivity index (χ2n) is 3.63. The van der Waals surface area contributed by atoms with Crippen molar-refractivity contribution in [3.05, 3.63) is 23.9 Å². The van der Waals surface area contributed by atoms with E-state index in [0.29, 0.717) is 19.3 Å². The van der Waals surface area contributed by atoms with Crippen LogP contribution in [0.5, 0.6) is 0 Å². The summed E-state index contributed by atoms with van der Waals surface area (Å²) in [6.45, 7) is 0.698. The Balaban J connectivity index is 2.40. The number of halogens is 3. The molecule has 0 aromatic carbocycles. The number of hydrogen-bond acceptors (Lipinski definition) is 4. The Morgan fingerprint density at radius 2 is 2.16 bits per heavy atom. The maximum Gasteiger partial charge on any atom is 0.417 e. The Morgan fingerprint density at radius 1 is 1.42 bits per heavy atom. The minimum Gasteiger partial charge on any atom is -0.383 e. The van der Waals surface area contributed by atoms with E-state index in [1.807, 2.05) is 0 Å². The molecule has 0 bridgehead atoms. The Labute approximate surface area is 108 Å². The van der Waals surface area contributed by atoms with Crippen LogP contribution in [0.3, 0.4) is 0 Å². The SMILES string of the molecule is COCCNC(=O)CNc1ccc(C(F)(F)F)cn1. The Morgan fingerprint density at radius 3 is 2.68 bits per heavy atom. The number of methoxy groups -OCH3 is 1. The summed E-state index contributed by atoms with van der Waals surface area (Å²) in [5.41, 5.74) is -0.831. The highest BCUT2D eigenvalue weighted by molar-refractivity contribution is 5.80. The van der Waals surface area contributed by atoms with Gasteiger partial charge in [-0.15, -0.1) is 0 Å². The summed E-state index contributed by atoms with van der Waals surface area (Å²) in [5.74, 6) is -0.0892. The van der Waals surface area contributed by atoms with Crippen molar-refractivity contribution in [1.82, 2.24) is 10.3 Å². The number of rotatable bonds is 6. The van der Waals surface area contributed by atoms with Gasteiger partial charge in [-0.3, -0.25) is 4.79 Å². The first-order valence-electron chi connectivity index (χ1n) is 5.46. The lowest BCUT2D eigenvalue weighted by Gasteiger charge is -2.09. The quantitative estimate of drug-likeness (QED) is 0.769. The molecule has 0 aliphatic carbocycles. The molecule has 0 aliphatic rings. The molecule has 1 heterocycles. The van der Waals surface area contributed by atoms with Gasteiger partial charge in [0.05, 0.1) is 18.7 Å². The first-order valence-corrected chi connectivity index (χ1v) is 5.46. The summed E-state index contributed by atoms with van der Waals surface area (Å²) >= 11 is 0. The third-order valence-corrected chi connectivity index (χ3v) is 2.15. The largest absolute Gasteiger partial charge is 0.417 e. The molecule has 0 spiro atoms. The molecule has 0 aliphatic heterocycles. The molecule has 0 saturated heterocycles. The molecule has 106 valence electrons. The Hall–Kier alpha value is -1.83. The fourth-order valence-corrected chi connectivity index (χ4v) is 1.19. The zero-order valence-electron chi connectivity index (χ0n) is 10.3. The molecule has 0 fully saturated rings. The van der Waals surface area contributed by atoms with Crippen LogP contribution in [0.1, 0.15) is 5.56 Å². The average molecular weight is 277 g/mol. The van der Waals surface area contributed by atoms with Crippen LogP contribution in [0, 0.1) is 0 Å². The van der Waals surface area contributed by atoms with Crippen molar-refractivity contribution in [2.24, 2.45) is 0 Å². The summed E-state index contributed by atoms with van der Waals surface area (Å²) in [4.78, 5) is 14.9. The molecule has 0 saturated carbocycles. The van der Waals surface area contributed by atoms with Crippen molar-refractivity contribution in [2.45, 2.75) is 6.18 Å². The second-order valence-corrected chi connectivity index (χ2v) is 3.63. The standard InChI is InChI=1S/C11H14F3N3O2/c1-19-5-4-15-10(18)7-17-9-3-2-8(6-16-9)11(12,13)14/h2-3,6H,4-5,7H2,1H3,(H,15,18)(H,16,17). The number of nitrogens with zero attached hydrogens (tertiary/aromatic N) is 1. The lowest BCUT2D eigenvalue weighted by Crippen LogP contribution is -2.32. The number of carbonyl (C=O) groups excluding carboxylic acids is 1. The summed E-state index contributed by atoms with van der Waals surface area (Å²) in [5, 5.41) is 5.17. The minimum atomic E-state index is -4.41. The van der Waals surface area contributed by atoms with E-state index in [2.05, 4.69) is 15.6 Å². The van der Waals surface area contributed by atoms with E-state index in [1.165, 1.54) is 13.2 Å². The van der Waals surface area contributed by atoms with Gasteiger partial charge in [0.15, 0.2) is 0 Å². The van der Waals surface area contributed by atoms with Gasteiger partial charge in [-0.1, -0.05) is 0 Å². The van der Waals surface area contributed by atoms with Gasteiger partial charge in [0.25, 0.3) is 0 Å². The van der Waals surface area contributed by atoms with E-state index < -0.39 is 11.7 Å². The number of alkyl halides is 3. The molecule has 0 radical (unpaired) electrons. The van der Waals surface area contributed by atoms with E-state index in [0.717, 1.165) is 6.07 Å². The summed E-state index contributed by atoms with van der Waals surface area (Å²) in [6.07, 6.45) is -3.70. The monoisotopic (exact) mass is 277 g/mol. The van der Waals surface area contributed by atoms with Gasteiger partial charge in [-0.2, -0.15) is 13.2 Å². The number of pyridine rings is 1. The van der Waals surface area contributed by atoms with Gasteiger partial charge in [0.2, 0.25) is 5.91 Å². The van der Waals surface area contributed by atoms with Gasteiger partial charge in [0.1, 0.15) is 5.82 Å². The summed E-state index contributed by atoms with van der Waals surface area (Å²) in [7, 11) is 1.51. The fraction of sp³-hybridized carbons (Fsp3) is 0.455. The molecule has 8 heteroatoms. The molecule has 19 heavy (non-hydrogen) atoms. The Bertz CT molecular complexity index is 407. The van der Waals surface area contributed by atoms with Crippen molar-refractivity contribution in [3.8, 4) is 0 Å². The second kappa shape index (κ2) is 6.93. The van der Waals surface area contributed by atoms with Crippen molar-refractivity contribution >= 4 is 11.7 Å². The topological polar surface area (TPSA) is 63.2 Å². The van der Waals surface area contributed by atoms with Crippen molar-refractivity contribution in [1.29, 1.82) is 0 Å². The third-order valence-electron chi connectivity index (χ3n) is 2.15. The highest BCUT2D eigenvalue weighted by Crippen LogP contribution is 2.28. The molecular weight excluding hydrogens is 263 g/mol. The van der Waals surface area contributed by atoms with Crippen LogP contribution in [0.25, 0.3) is 0 Å². The van der Waals surface area contributed by atoms with E-state index in [1.54, 1.807) is 0 Å². The number of amides is 1. The molecule has 1 amide bonds. The molecule has 5 nitrogen and oxygen atoms in total. The normalized spacial score (nSPS) is 11.2. The lowest BCUT2D eigenvalue weighted by molar-refractivity contribution is -0.137. The van der Waals surface area contributed by atoms with Gasteiger partial charge >= 0.3 is 6.18 Å². The number of aromatic nitrogens is 1. The van der Waals surface area contributed by atoms with Gasteiger partial charge in [-0.25, -0.2) is 4.98 Å². The predicted octanol–water partition coefficient (Wildman–Crippen LogP) is 1.27. The predicted molar refractivity (Wildman–Crippen MR) is 62.6 cm³/mol. The highest BCUT2D eigenvalue weighted by atomic mass is 19.4. The Kier molecular flexibility index (Phi) is 5.56. The van der Waals surface area contributed by atoms with Gasteiger partial charge in [-0.05, 0) is 12.1 Å². The zero-order valence-corrected chi connectivity index (χ0v) is 10.3. The molecule has 0 unspecified atom stereocenters. The van der Waals surface area contributed by atoms with Crippen molar-refractivity contribution in [2.75, 3.05) is 32.1 Å². The van der Waals surface area contributed by atoms with E-state index in [-0.39, 0.29) is 18.3 Å². The van der Waals surface area contributed by atoms with Crippen LogP contribution in [-0.4, -0.2) is 37.7 Å². The minimum absolute atomic E-state index is 0.0674. The summed E-state index contributed by atoms with van der Waals surface area (Å²) in [6, 6.07) is 2.07. The van der Waals surface area contributed by atoms with Crippen molar-refractivity contribution < 1.29 is 22.7 Å². The average Bonchev–Trinajstić information content (AvgIpc) is 2.36. The maximum absolute atomic E-state index is 12.3. The lowest BCUT2D eigenvalue weighted by atomic mass is 10.3. The maximum atomic E-state index is 12.3. The number of ether oxygens (including phenoxy) is 1. The summed E-state index contributed by atoms with van der Waals surface area (Å²) < 4.78 is 41.6. The first kappa shape index (κ1) is 15.2. The molecule has 0 atom stereocenters. The number of hydrogen-bond donors (Lipinski definition) is 2. The zero-order chi connectivity index (χ0) is 14.3. The van der Waals surface area contributed by atoms with E-state index in [9.17, 15) is 18.0 Å². The van der Waals surface area contributed by atoms with Crippen LogP contribution < -0.4 is 10.6 Å².